The topological polar surface area (TPSA) is 60.0 Å². The lowest BCUT2D eigenvalue weighted by atomic mass is 10.1. The van der Waals surface area contributed by atoms with Crippen LogP contribution in [0.3, 0.4) is 0 Å². The number of nitrogens with zero attached hydrogens (tertiary/aromatic N) is 5. The van der Waals surface area contributed by atoms with Crippen LogP contribution in [0.4, 0.5) is 0 Å². The first-order chi connectivity index (χ1) is 12.6. The Balaban J connectivity index is 1.42. The van der Waals surface area contributed by atoms with Crippen LogP contribution in [0.2, 0.25) is 0 Å². The molecule has 3 aromatic rings. The Labute approximate surface area is 153 Å². The molecule has 0 fully saturated rings. The van der Waals surface area contributed by atoms with E-state index in [0.29, 0.717) is 30.7 Å². The fourth-order valence-corrected chi connectivity index (χ4v) is 3.64. The van der Waals surface area contributed by atoms with Crippen LogP contribution in [0.15, 0.2) is 34.7 Å². The van der Waals surface area contributed by atoms with Crippen LogP contribution in [0.1, 0.15) is 54.3 Å². The van der Waals surface area contributed by atoms with E-state index >= 15 is 0 Å². The Hall–Kier alpha value is -2.47. The van der Waals surface area contributed by atoms with Crippen molar-refractivity contribution in [1.82, 2.24) is 24.6 Å². The summed E-state index contributed by atoms with van der Waals surface area (Å²) in [5.74, 6) is 2.96. The predicted molar refractivity (Wildman–Crippen MR) is 98.7 cm³/mol. The van der Waals surface area contributed by atoms with Crippen LogP contribution in [-0.2, 0) is 33.0 Å². The SMILES string of the molecule is CC(C)c1nc2c(n1C)CCN(Cc1nnc(Cc3ccccc3)o1)C2. The Kier molecular flexibility index (Phi) is 4.59. The van der Waals surface area contributed by atoms with Gasteiger partial charge in [0.1, 0.15) is 5.82 Å². The molecule has 0 spiro atoms. The fraction of sp³-hybridized carbons (Fsp3) is 0.450. The summed E-state index contributed by atoms with van der Waals surface area (Å²) in [6, 6.07) is 10.2. The first kappa shape index (κ1) is 17.0. The van der Waals surface area contributed by atoms with Crippen molar-refractivity contribution in [2.75, 3.05) is 6.54 Å². The van der Waals surface area contributed by atoms with Crippen molar-refractivity contribution in [3.05, 3.63) is 64.9 Å². The van der Waals surface area contributed by atoms with Crippen molar-refractivity contribution in [2.45, 2.75) is 45.7 Å². The first-order valence-corrected chi connectivity index (χ1v) is 9.22. The number of benzene rings is 1. The summed E-state index contributed by atoms with van der Waals surface area (Å²) in [4.78, 5) is 7.19. The maximum absolute atomic E-state index is 5.86. The van der Waals surface area contributed by atoms with E-state index in [1.54, 1.807) is 0 Å². The molecule has 3 heterocycles. The second kappa shape index (κ2) is 7.03. The summed E-state index contributed by atoms with van der Waals surface area (Å²) in [5.41, 5.74) is 3.73. The number of imidazole rings is 1. The van der Waals surface area contributed by atoms with Crippen molar-refractivity contribution in [2.24, 2.45) is 7.05 Å². The minimum atomic E-state index is 0.440. The summed E-state index contributed by atoms with van der Waals surface area (Å²) in [6.07, 6.45) is 1.69. The van der Waals surface area contributed by atoms with E-state index in [0.717, 1.165) is 19.5 Å². The van der Waals surface area contributed by atoms with Crippen molar-refractivity contribution in [3.8, 4) is 0 Å². The van der Waals surface area contributed by atoms with E-state index in [1.165, 1.54) is 22.8 Å². The predicted octanol–water partition coefficient (Wildman–Crippen LogP) is 3.08. The summed E-state index contributed by atoms with van der Waals surface area (Å²) < 4.78 is 8.12. The van der Waals surface area contributed by atoms with Crippen LogP contribution in [0.5, 0.6) is 0 Å². The lowest BCUT2D eigenvalue weighted by Gasteiger charge is -2.25. The summed E-state index contributed by atoms with van der Waals surface area (Å²) in [5, 5.41) is 8.43. The Morgan fingerprint density at radius 2 is 1.88 bits per heavy atom. The molecule has 2 aromatic heterocycles. The van der Waals surface area contributed by atoms with Crippen LogP contribution >= 0.6 is 0 Å². The molecule has 0 radical (unpaired) electrons. The molecule has 1 aliphatic rings. The molecule has 0 atom stereocenters. The third kappa shape index (κ3) is 3.42. The standard InChI is InChI=1S/C20H25N5O/c1-14(2)20-21-16-12-25(10-9-17(16)24(20)3)13-19-23-22-18(26-19)11-15-7-5-4-6-8-15/h4-8,14H,9-13H2,1-3H3. The molecule has 0 amide bonds. The summed E-state index contributed by atoms with van der Waals surface area (Å²) in [6.45, 7) is 6.89. The third-order valence-electron chi connectivity index (χ3n) is 4.95. The van der Waals surface area contributed by atoms with Gasteiger partial charge in [-0.2, -0.15) is 0 Å². The van der Waals surface area contributed by atoms with Gasteiger partial charge in [-0.3, -0.25) is 4.90 Å². The lowest BCUT2D eigenvalue weighted by molar-refractivity contribution is 0.215. The zero-order valence-corrected chi connectivity index (χ0v) is 15.6. The Morgan fingerprint density at radius 1 is 1.12 bits per heavy atom. The molecule has 0 unspecified atom stereocenters. The largest absolute Gasteiger partial charge is 0.424 e. The molecule has 1 aliphatic heterocycles. The summed E-state index contributed by atoms with van der Waals surface area (Å²) >= 11 is 0. The van der Waals surface area contributed by atoms with Crippen molar-refractivity contribution in [1.29, 1.82) is 0 Å². The Morgan fingerprint density at radius 3 is 2.65 bits per heavy atom. The third-order valence-corrected chi connectivity index (χ3v) is 4.95. The fourth-order valence-electron chi connectivity index (χ4n) is 3.64. The van der Waals surface area contributed by atoms with Gasteiger partial charge in [0, 0.05) is 38.2 Å². The molecule has 1 aromatic carbocycles. The van der Waals surface area contributed by atoms with Gasteiger partial charge in [0.15, 0.2) is 0 Å². The summed E-state index contributed by atoms with van der Waals surface area (Å²) in [7, 11) is 2.13. The number of aromatic nitrogens is 4. The average Bonchev–Trinajstić information content (AvgIpc) is 3.20. The molecule has 26 heavy (non-hydrogen) atoms. The van der Waals surface area contributed by atoms with Gasteiger partial charge in [0.05, 0.1) is 18.7 Å². The van der Waals surface area contributed by atoms with E-state index in [4.69, 9.17) is 9.40 Å². The number of rotatable bonds is 5. The van der Waals surface area contributed by atoms with Gasteiger partial charge in [0.25, 0.3) is 0 Å². The normalized spacial score (nSPS) is 14.8. The van der Waals surface area contributed by atoms with Crippen LogP contribution in [0, 0.1) is 0 Å². The van der Waals surface area contributed by atoms with Crippen LogP contribution in [0.25, 0.3) is 0 Å². The highest BCUT2D eigenvalue weighted by molar-refractivity contribution is 5.21. The molecule has 136 valence electrons. The minimum Gasteiger partial charge on any atom is -0.424 e. The van der Waals surface area contributed by atoms with Crippen molar-refractivity contribution >= 4 is 0 Å². The smallest absolute Gasteiger partial charge is 0.230 e. The van der Waals surface area contributed by atoms with Gasteiger partial charge in [-0.25, -0.2) is 4.98 Å². The molecule has 0 aliphatic carbocycles. The van der Waals surface area contributed by atoms with Crippen LogP contribution in [-0.4, -0.2) is 31.2 Å². The number of hydrogen-bond acceptors (Lipinski definition) is 5. The zero-order valence-electron chi connectivity index (χ0n) is 15.6. The van der Waals surface area contributed by atoms with E-state index in [-0.39, 0.29) is 0 Å². The van der Waals surface area contributed by atoms with Gasteiger partial charge >= 0.3 is 0 Å². The monoisotopic (exact) mass is 351 g/mol. The van der Waals surface area contributed by atoms with Crippen molar-refractivity contribution < 1.29 is 4.42 Å². The highest BCUT2D eigenvalue weighted by atomic mass is 16.4. The van der Waals surface area contributed by atoms with Gasteiger partial charge < -0.3 is 8.98 Å². The maximum atomic E-state index is 5.86. The highest BCUT2D eigenvalue weighted by Crippen LogP contribution is 2.24. The molecule has 0 saturated carbocycles. The molecular formula is C20H25N5O. The van der Waals surface area contributed by atoms with Gasteiger partial charge in [-0.1, -0.05) is 44.2 Å². The zero-order chi connectivity index (χ0) is 18.1. The first-order valence-electron chi connectivity index (χ1n) is 9.22. The lowest BCUT2D eigenvalue weighted by Crippen LogP contribution is -2.30. The van der Waals surface area contributed by atoms with E-state index < -0.39 is 0 Å². The second-order valence-corrected chi connectivity index (χ2v) is 7.29. The second-order valence-electron chi connectivity index (χ2n) is 7.29. The van der Waals surface area contributed by atoms with Gasteiger partial charge in [0.2, 0.25) is 11.8 Å². The van der Waals surface area contributed by atoms with Gasteiger partial charge in [-0.15, -0.1) is 10.2 Å². The highest BCUT2D eigenvalue weighted by Gasteiger charge is 2.24. The number of fused-ring (bicyclic) bond motifs is 1. The molecular weight excluding hydrogens is 326 g/mol. The molecule has 0 saturated heterocycles. The van der Waals surface area contributed by atoms with E-state index in [9.17, 15) is 0 Å². The van der Waals surface area contributed by atoms with Gasteiger partial charge in [-0.05, 0) is 5.56 Å². The molecule has 0 bridgehead atoms. The number of hydrogen-bond donors (Lipinski definition) is 0. The average molecular weight is 351 g/mol. The van der Waals surface area contributed by atoms with E-state index in [2.05, 4.69) is 52.7 Å². The van der Waals surface area contributed by atoms with Crippen LogP contribution < -0.4 is 0 Å². The molecule has 6 heteroatoms. The molecule has 4 rings (SSSR count). The maximum Gasteiger partial charge on any atom is 0.230 e. The molecule has 6 nitrogen and oxygen atoms in total. The van der Waals surface area contributed by atoms with Crippen molar-refractivity contribution in [3.63, 3.8) is 0 Å². The van der Waals surface area contributed by atoms with E-state index in [1.807, 2.05) is 18.2 Å². The quantitative estimate of drug-likeness (QED) is 0.707. The molecule has 0 N–H and O–H groups in total. The Bertz CT molecular complexity index is 881. The minimum absolute atomic E-state index is 0.440.